The fourth-order valence-corrected chi connectivity index (χ4v) is 1.53. The molecule has 13 heavy (non-hydrogen) atoms. The van der Waals surface area contributed by atoms with Crippen LogP contribution in [0.15, 0.2) is 12.2 Å². The summed E-state index contributed by atoms with van der Waals surface area (Å²) in [6.45, 7) is 8.19. The van der Waals surface area contributed by atoms with Crippen molar-refractivity contribution in [2.24, 2.45) is 0 Å². The number of hydrogen-bond donors (Lipinski definition) is 1. The lowest BCUT2D eigenvalue weighted by Crippen LogP contribution is -2.46. The van der Waals surface area contributed by atoms with E-state index in [-0.39, 0.29) is 6.10 Å². The Kier molecular flexibility index (Phi) is 3.90. The van der Waals surface area contributed by atoms with E-state index < -0.39 is 6.10 Å². The Balaban J connectivity index is 2.36. The van der Waals surface area contributed by atoms with Crippen molar-refractivity contribution < 1.29 is 9.84 Å². The van der Waals surface area contributed by atoms with Gasteiger partial charge in [-0.15, -0.1) is 6.58 Å². The van der Waals surface area contributed by atoms with Crippen LogP contribution in [0.1, 0.15) is 13.3 Å². The summed E-state index contributed by atoms with van der Waals surface area (Å²) in [5.74, 6) is 0. The van der Waals surface area contributed by atoms with Crippen molar-refractivity contribution in [3.63, 3.8) is 0 Å². The standard InChI is InChI=1S/C10H19NO2/c1-8(2)6-9(12)10-7-11(3)4-5-13-10/h9-10,12H,1,4-7H2,2-3H3. The molecule has 1 rings (SSSR count). The SMILES string of the molecule is C=C(C)CC(O)C1CN(C)CCO1. The first-order chi connectivity index (χ1) is 6.09. The Morgan fingerprint density at radius 1 is 1.77 bits per heavy atom. The monoisotopic (exact) mass is 185 g/mol. The third-order valence-electron chi connectivity index (χ3n) is 2.28. The Hall–Kier alpha value is -0.380. The van der Waals surface area contributed by atoms with Gasteiger partial charge in [0.2, 0.25) is 0 Å². The van der Waals surface area contributed by atoms with Gasteiger partial charge in [-0.2, -0.15) is 0 Å². The fraction of sp³-hybridized carbons (Fsp3) is 0.800. The number of hydrogen-bond acceptors (Lipinski definition) is 3. The molecule has 0 radical (unpaired) electrons. The second-order valence-electron chi connectivity index (χ2n) is 3.90. The molecule has 1 aliphatic heterocycles. The van der Waals surface area contributed by atoms with Crippen LogP contribution in [0, 0.1) is 0 Å². The average Bonchev–Trinajstić information content (AvgIpc) is 2.03. The molecule has 3 heteroatoms. The Morgan fingerprint density at radius 3 is 3.00 bits per heavy atom. The van der Waals surface area contributed by atoms with Gasteiger partial charge in [0.1, 0.15) is 0 Å². The molecule has 0 aromatic carbocycles. The molecule has 0 saturated carbocycles. The minimum Gasteiger partial charge on any atom is -0.390 e. The molecule has 2 atom stereocenters. The highest BCUT2D eigenvalue weighted by atomic mass is 16.5. The molecule has 1 aliphatic rings. The maximum absolute atomic E-state index is 9.75. The lowest BCUT2D eigenvalue weighted by molar-refractivity contribution is -0.0822. The minimum atomic E-state index is -0.403. The van der Waals surface area contributed by atoms with E-state index in [4.69, 9.17) is 4.74 Å². The lowest BCUT2D eigenvalue weighted by Gasteiger charge is -2.32. The molecule has 0 bridgehead atoms. The largest absolute Gasteiger partial charge is 0.390 e. The topological polar surface area (TPSA) is 32.7 Å². The number of likely N-dealkylation sites (N-methyl/N-ethyl adjacent to an activating group) is 1. The molecule has 0 spiro atoms. The highest BCUT2D eigenvalue weighted by molar-refractivity contribution is 4.93. The lowest BCUT2D eigenvalue weighted by atomic mass is 10.1. The number of aliphatic hydroxyl groups is 1. The number of rotatable bonds is 3. The summed E-state index contributed by atoms with van der Waals surface area (Å²) >= 11 is 0. The molecular formula is C10H19NO2. The predicted octanol–water partition coefficient (Wildman–Crippen LogP) is 0.644. The van der Waals surface area contributed by atoms with E-state index in [1.807, 2.05) is 14.0 Å². The second-order valence-corrected chi connectivity index (χ2v) is 3.90. The molecule has 0 aromatic heterocycles. The summed E-state index contributed by atoms with van der Waals surface area (Å²) in [6, 6.07) is 0. The molecule has 1 saturated heterocycles. The van der Waals surface area contributed by atoms with Gasteiger partial charge in [0.25, 0.3) is 0 Å². The molecule has 1 fully saturated rings. The molecule has 0 amide bonds. The summed E-state index contributed by atoms with van der Waals surface area (Å²) in [4.78, 5) is 2.18. The third kappa shape index (κ3) is 3.46. The van der Waals surface area contributed by atoms with Crippen LogP contribution in [0.4, 0.5) is 0 Å². The van der Waals surface area contributed by atoms with Gasteiger partial charge in [-0.05, 0) is 20.4 Å². The van der Waals surface area contributed by atoms with Gasteiger partial charge in [0.15, 0.2) is 0 Å². The van der Waals surface area contributed by atoms with E-state index in [2.05, 4.69) is 11.5 Å². The highest BCUT2D eigenvalue weighted by Gasteiger charge is 2.24. The Bertz CT molecular complexity index is 182. The van der Waals surface area contributed by atoms with Crippen LogP contribution < -0.4 is 0 Å². The minimum absolute atomic E-state index is 0.0459. The van der Waals surface area contributed by atoms with Crippen molar-refractivity contribution in [3.8, 4) is 0 Å². The molecule has 0 aromatic rings. The molecular weight excluding hydrogens is 166 g/mol. The normalized spacial score (nSPS) is 27.2. The first-order valence-electron chi connectivity index (χ1n) is 4.72. The quantitative estimate of drug-likeness (QED) is 0.655. The number of aliphatic hydroxyl groups excluding tert-OH is 1. The van der Waals surface area contributed by atoms with Crippen molar-refractivity contribution in [1.82, 2.24) is 4.90 Å². The molecule has 1 heterocycles. The zero-order valence-electron chi connectivity index (χ0n) is 8.49. The second kappa shape index (κ2) is 4.74. The van der Waals surface area contributed by atoms with Crippen molar-refractivity contribution in [1.29, 1.82) is 0 Å². The summed E-state index contributed by atoms with van der Waals surface area (Å²) in [6.07, 6.45) is 0.189. The fourth-order valence-electron chi connectivity index (χ4n) is 1.53. The average molecular weight is 185 g/mol. The van der Waals surface area contributed by atoms with Gasteiger partial charge in [-0.3, -0.25) is 0 Å². The van der Waals surface area contributed by atoms with Gasteiger partial charge in [-0.1, -0.05) is 5.57 Å². The summed E-state index contributed by atoms with van der Waals surface area (Å²) in [5, 5.41) is 9.75. The van der Waals surface area contributed by atoms with Gasteiger partial charge in [-0.25, -0.2) is 0 Å². The highest BCUT2D eigenvalue weighted by Crippen LogP contribution is 2.13. The van der Waals surface area contributed by atoms with Crippen LogP contribution in [-0.4, -0.2) is 49.0 Å². The number of morpholine rings is 1. The molecule has 76 valence electrons. The van der Waals surface area contributed by atoms with Crippen molar-refractivity contribution >= 4 is 0 Å². The van der Waals surface area contributed by atoms with Gasteiger partial charge in [0.05, 0.1) is 18.8 Å². The zero-order chi connectivity index (χ0) is 9.84. The van der Waals surface area contributed by atoms with E-state index >= 15 is 0 Å². The first-order valence-corrected chi connectivity index (χ1v) is 4.72. The number of ether oxygens (including phenoxy) is 1. The number of nitrogens with zero attached hydrogens (tertiary/aromatic N) is 1. The molecule has 2 unspecified atom stereocenters. The van der Waals surface area contributed by atoms with E-state index in [0.29, 0.717) is 13.0 Å². The maximum atomic E-state index is 9.75. The van der Waals surface area contributed by atoms with Crippen LogP contribution in [0.5, 0.6) is 0 Å². The van der Waals surface area contributed by atoms with E-state index in [1.54, 1.807) is 0 Å². The van der Waals surface area contributed by atoms with Crippen LogP contribution in [0.2, 0.25) is 0 Å². The summed E-state index contributed by atoms with van der Waals surface area (Å²) in [7, 11) is 2.04. The van der Waals surface area contributed by atoms with Crippen LogP contribution in [-0.2, 0) is 4.74 Å². The molecule has 3 nitrogen and oxygen atoms in total. The van der Waals surface area contributed by atoms with Gasteiger partial charge in [0, 0.05) is 13.1 Å². The van der Waals surface area contributed by atoms with Crippen molar-refractivity contribution in [2.75, 3.05) is 26.7 Å². The Labute approximate surface area is 80.0 Å². The van der Waals surface area contributed by atoms with Gasteiger partial charge < -0.3 is 14.7 Å². The molecule has 0 aliphatic carbocycles. The molecule has 1 N–H and O–H groups in total. The van der Waals surface area contributed by atoms with Crippen LogP contribution >= 0.6 is 0 Å². The van der Waals surface area contributed by atoms with Crippen molar-refractivity contribution in [2.45, 2.75) is 25.6 Å². The Morgan fingerprint density at radius 2 is 2.46 bits per heavy atom. The zero-order valence-corrected chi connectivity index (χ0v) is 8.49. The van der Waals surface area contributed by atoms with E-state index in [0.717, 1.165) is 18.7 Å². The summed E-state index contributed by atoms with van der Waals surface area (Å²) < 4.78 is 5.48. The smallest absolute Gasteiger partial charge is 0.0964 e. The maximum Gasteiger partial charge on any atom is 0.0964 e. The van der Waals surface area contributed by atoms with Crippen molar-refractivity contribution in [3.05, 3.63) is 12.2 Å². The van der Waals surface area contributed by atoms with E-state index in [1.165, 1.54) is 0 Å². The summed E-state index contributed by atoms with van der Waals surface area (Å²) in [5.41, 5.74) is 1.00. The van der Waals surface area contributed by atoms with E-state index in [9.17, 15) is 5.11 Å². The van der Waals surface area contributed by atoms with Gasteiger partial charge >= 0.3 is 0 Å². The van der Waals surface area contributed by atoms with Crippen LogP contribution in [0.25, 0.3) is 0 Å². The third-order valence-corrected chi connectivity index (χ3v) is 2.28. The predicted molar refractivity (Wildman–Crippen MR) is 52.7 cm³/mol. The first kappa shape index (κ1) is 10.7. The van der Waals surface area contributed by atoms with Crippen LogP contribution in [0.3, 0.4) is 0 Å².